The molecule has 1 heterocycles. The summed E-state index contributed by atoms with van der Waals surface area (Å²) >= 11 is 6.02. The number of amides is 1. The molecule has 0 saturated heterocycles. The highest BCUT2D eigenvalue weighted by Gasteiger charge is 2.18. The molecule has 0 bridgehead atoms. The number of hydrogen-bond donors (Lipinski definition) is 2. The van der Waals surface area contributed by atoms with Crippen molar-refractivity contribution in [1.82, 2.24) is 9.78 Å². The van der Waals surface area contributed by atoms with E-state index in [2.05, 4.69) is 10.4 Å². The summed E-state index contributed by atoms with van der Waals surface area (Å²) in [7, 11) is 1.80. The van der Waals surface area contributed by atoms with E-state index in [1.807, 2.05) is 6.92 Å². The lowest BCUT2D eigenvalue weighted by Gasteiger charge is -2.08. The van der Waals surface area contributed by atoms with E-state index in [4.69, 9.17) is 17.3 Å². The predicted octanol–water partition coefficient (Wildman–Crippen LogP) is 2.52. The van der Waals surface area contributed by atoms with Gasteiger partial charge in [0.1, 0.15) is 0 Å². The first-order chi connectivity index (χ1) is 8.90. The fraction of sp³-hybridized carbons (Fsp3) is 0.231. The molecule has 0 spiro atoms. The third-order valence-corrected chi connectivity index (χ3v) is 3.30. The van der Waals surface area contributed by atoms with Crippen LogP contribution in [0, 0.1) is 13.8 Å². The van der Waals surface area contributed by atoms with Gasteiger partial charge in [0, 0.05) is 18.4 Å². The molecule has 1 aromatic carbocycles. The SMILES string of the molecule is Cc1nn(C)c(C)c1C(=O)Nc1cc(N)ccc1Cl. The second kappa shape index (κ2) is 4.93. The van der Waals surface area contributed by atoms with Gasteiger partial charge in [0.15, 0.2) is 0 Å². The van der Waals surface area contributed by atoms with Crippen molar-refractivity contribution < 1.29 is 4.79 Å². The first-order valence-corrected chi connectivity index (χ1v) is 6.14. The first-order valence-electron chi connectivity index (χ1n) is 5.76. The molecule has 19 heavy (non-hydrogen) atoms. The second-order valence-corrected chi connectivity index (χ2v) is 4.77. The number of aromatic nitrogens is 2. The highest BCUT2D eigenvalue weighted by molar-refractivity contribution is 6.34. The molecule has 1 aromatic heterocycles. The zero-order valence-electron chi connectivity index (χ0n) is 11.0. The molecule has 0 saturated carbocycles. The Bertz CT molecular complexity index is 648. The average Bonchev–Trinajstić information content (AvgIpc) is 2.58. The van der Waals surface area contributed by atoms with E-state index in [-0.39, 0.29) is 5.91 Å². The van der Waals surface area contributed by atoms with Crippen LogP contribution >= 0.6 is 11.6 Å². The number of nitrogens with two attached hydrogens (primary N) is 1. The third kappa shape index (κ3) is 2.56. The normalized spacial score (nSPS) is 10.5. The Kier molecular flexibility index (Phi) is 3.48. The van der Waals surface area contributed by atoms with Crippen molar-refractivity contribution in [2.45, 2.75) is 13.8 Å². The van der Waals surface area contributed by atoms with Gasteiger partial charge < -0.3 is 11.1 Å². The maximum Gasteiger partial charge on any atom is 0.259 e. The van der Waals surface area contributed by atoms with Crippen molar-refractivity contribution in [3.63, 3.8) is 0 Å². The Balaban J connectivity index is 2.33. The summed E-state index contributed by atoms with van der Waals surface area (Å²) in [6.45, 7) is 3.64. The Morgan fingerprint density at radius 2 is 2.11 bits per heavy atom. The highest BCUT2D eigenvalue weighted by Crippen LogP contribution is 2.25. The fourth-order valence-electron chi connectivity index (χ4n) is 1.93. The number of carbonyl (C=O) groups is 1. The van der Waals surface area contributed by atoms with E-state index in [1.165, 1.54) is 0 Å². The summed E-state index contributed by atoms with van der Waals surface area (Å²) in [5, 5.41) is 7.42. The van der Waals surface area contributed by atoms with Crippen molar-refractivity contribution in [1.29, 1.82) is 0 Å². The molecule has 0 atom stereocenters. The van der Waals surface area contributed by atoms with Gasteiger partial charge in [0.05, 0.1) is 22.0 Å². The van der Waals surface area contributed by atoms with Crippen molar-refractivity contribution in [2.75, 3.05) is 11.1 Å². The standard InChI is InChI=1S/C13H15ClN4O/c1-7-12(8(2)18(3)17-7)13(19)16-11-6-9(15)4-5-10(11)14/h4-6H,15H2,1-3H3,(H,16,19). The van der Waals surface area contributed by atoms with E-state index in [0.29, 0.717) is 27.7 Å². The van der Waals surface area contributed by atoms with E-state index in [0.717, 1.165) is 5.69 Å². The summed E-state index contributed by atoms with van der Waals surface area (Å²) in [6, 6.07) is 4.95. The molecule has 0 unspecified atom stereocenters. The molecule has 0 fully saturated rings. The lowest BCUT2D eigenvalue weighted by atomic mass is 10.1. The van der Waals surface area contributed by atoms with Gasteiger partial charge in [-0.3, -0.25) is 9.48 Å². The van der Waals surface area contributed by atoms with Crippen LogP contribution in [0.3, 0.4) is 0 Å². The summed E-state index contributed by atoms with van der Waals surface area (Å²) < 4.78 is 1.67. The molecular formula is C13H15ClN4O. The van der Waals surface area contributed by atoms with Crippen LogP contribution in [-0.2, 0) is 7.05 Å². The number of benzene rings is 1. The van der Waals surface area contributed by atoms with Crippen LogP contribution in [0.2, 0.25) is 5.02 Å². The van der Waals surface area contributed by atoms with Crippen LogP contribution < -0.4 is 11.1 Å². The largest absolute Gasteiger partial charge is 0.399 e. The molecular weight excluding hydrogens is 264 g/mol. The minimum atomic E-state index is -0.240. The molecule has 0 radical (unpaired) electrons. The maximum atomic E-state index is 12.3. The molecule has 3 N–H and O–H groups in total. The zero-order valence-corrected chi connectivity index (χ0v) is 11.7. The van der Waals surface area contributed by atoms with Crippen LogP contribution in [0.15, 0.2) is 18.2 Å². The summed E-state index contributed by atoms with van der Waals surface area (Å²) in [6.07, 6.45) is 0. The van der Waals surface area contributed by atoms with Crippen LogP contribution in [0.5, 0.6) is 0 Å². The topological polar surface area (TPSA) is 72.9 Å². The number of nitrogens with zero attached hydrogens (tertiary/aromatic N) is 2. The highest BCUT2D eigenvalue weighted by atomic mass is 35.5. The zero-order chi connectivity index (χ0) is 14.2. The number of rotatable bonds is 2. The van der Waals surface area contributed by atoms with Crippen molar-refractivity contribution in [2.24, 2.45) is 7.05 Å². The number of nitrogens with one attached hydrogen (secondary N) is 1. The van der Waals surface area contributed by atoms with E-state index in [1.54, 1.807) is 36.9 Å². The molecule has 6 heteroatoms. The number of halogens is 1. The first kappa shape index (κ1) is 13.4. The van der Waals surface area contributed by atoms with Gasteiger partial charge in [0.25, 0.3) is 5.91 Å². The molecule has 5 nitrogen and oxygen atoms in total. The lowest BCUT2D eigenvalue weighted by Crippen LogP contribution is -2.14. The quantitative estimate of drug-likeness (QED) is 0.829. The van der Waals surface area contributed by atoms with Crippen molar-refractivity contribution in [3.05, 3.63) is 40.2 Å². The Labute approximate surface area is 116 Å². The van der Waals surface area contributed by atoms with Crippen LogP contribution in [0.4, 0.5) is 11.4 Å². The van der Waals surface area contributed by atoms with Crippen molar-refractivity contribution >= 4 is 28.9 Å². The maximum absolute atomic E-state index is 12.3. The molecule has 100 valence electrons. The molecule has 2 aromatic rings. The van der Waals surface area contributed by atoms with Gasteiger partial charge in [-0.1, -0.05) is 11.6 Å². The number of carbonyl (C=O) groups excluding carboxylic acids is 1. The van der Waals surface area contributed by atoms with Gasteiger partial charge >= 0.3 is 0 Å². The summed E-state index contributed by atoms with van der Waals surface area (Å²) in [5.74, 6) is -0.240. The van der Waals surface area contributed by atoms with Gasteiger partial charge in [0.2, 0.25) is 0 Å². The molecule has 0 aliphatic rings. The Hall–Kier alpha value is -2.01. The average molecular weight is 279 g/mol. The minimum absolute atomic E-state index is 0.240. The van der Waals surface area contributed by atoms with Crippen LogP contribution in [0.1, 0.15) is 21.7 Å². The second-order valence-electron chi connectivity index (χ2n) is 4.36. The van der Waals surface area contributed by atoms with Crippen LogP contribution in [0.25, 0.3) is 0 Å². The molecule has 0 aliphatic heterocycles. The van der Waals surface area contributed by atoms with E-state index in [9.17, 15) is 4.79 Å². The number of anilines is 2. The fourth-order valence-corrected chi connectivity index (χ4v) is 2.09. The minimum Gasteiger partial charge on any atom is -0.399 e. The van der Waals surface area contributed by atoms with E-state index >= 15 is 0 Å². The number of nitrogen functional groups attached to an aromatic ring is 1. The molecule has 2 rings (SSSR count). The van der Waals surface area contributed by atoms with Gasteiger partial charge in [-0.05, 0) is 32.0 Å². The Morgan fingerprint density at radius 3 is 2.68 bits per heavy atom. The van der Waals surface area contributed by atoms with E-state index < -0.39 is 0 Å². The van der Waals surface area contributed by atoms with Gasteiger partial charge in [-0.15, -0.1) is 0 Å². The van der Waals surface area contributed by atoms with Gasteiger partial charge in [-0.25, -0.2) is 0 Å². The monoisotopic (exact) mass is 278 g/mol. The molecule has 0 aliphatic carbocycles. The summed E-state index contributed by atoms with van der Waals surface area (Å²) in [5.41, 5.74) is 8.75. The number of hydrogen-bond acceptors (Lipinski definition) is 3. The Morgan fingerprint density at radius 1 is 1.42 bits per heavy atom. The molecule has 1 amide bonds. The van der Waals surface area contributed by atoms with Gasteiger partial charge in [-0.2, -0.15) is 5.10 Å². The van der Waals surface area contributed by atoms with Crippen molar-refractivity contribution in [3.8, 4) is 0 Å². The lowest BCUT2D eigenvalue weighted by molar-refractivity contribution is 0.102. The third-order valence-electron chi connectivity index (χ3n) is 2.97. The number of aryl methyl sites for hydroxylation is 2. The predicted molar refractivity (Wildman–Crippen MR) is 76.5 cm³/mol. The summed E-state index contributed by atoms with van der Waals surface area (Å²) in [4.78, 5) is 12.3. The van der Waals surface area contributed by atoms with Crippen LogP contribution in [-0.4, -0.2) is 15.7 Å². The smallest absolute Gasteiger partial charge is 0.259 e.